The first kappa shape index (κ1) is 14.4. The number of aliphatic hydroxyl groups is 1. The van der Waals surface area contributed by atoms with Crippen LogP contribution in [-0.2, 0) is 0 Å². The minimum absolute atomic E-state index is 0.0340. The standard InChI is InChI=1S/C13H18FNO3/c1-8(6-9(2)16)15-13(17)11-5-4-10(18-3)7-12(11)14/h4-5,7-9,16H,6H2,1-3H3,(H,15,17). The van der Waals surface area contributed by atoms with Crippen LogP contribution in [0.4, 0.5) is 4.39 Å². The van der Waals surface area contributed by atoms with Crippen molar-refractivity contribution in [2.45, 2.75) is 32.4 Å². The number of methoxy groups -OCH3 is 1. The number of hydrogen-bond donors (Lipinski definition) is 2. The SMILES string of the molecule is COc1ccc(C(=O)NC(C)CC(C)O)c(F)c1. The van der Waals surface area contributed by atoms with Crippen LogP contribution in [-0.4, -0.2) is 30.3 Å². The predicted octanol–water partition coefficient (Wildman–Crippen LogP) is 1.72. The number of nitrogens with one attached hydrogen (secondary N) is 1. The third kappa shape index (κ3) is 4.00. The molecule has 100 valence electrons. The Balaban J connectivity index is 2.72. The fourth-order valence-corrected chi connectivity index (χ4v) is 1.68. The average molecular weight is 255 g/mol. The topological polar surface area (TPSA) is 58.6 Å². The molecule has 0 saturated heterocycles. The van der Waals surface area contributed by atoms with Gasteiger partial charge in [0.2, 0.25) is 0 Å². The van der Waals surface area contributed by atoms with E-state index in [-0.39, 0.29) is 11.6 Å². The lowest BCUT2D eigenvalue weighted by atomic mass is 10.1. The number of rotatable bonds is 5. The van der Waals surface area contributed by atoms with Gasteiger partial charge in [0.05, 0.1) is 18.8 Å². The normalized spacial score (nSPS) is 13.8. The zero-order chi connectivity index (χ0) is 13.7. The van der Waals surface area contributed by atoms with Gasteiger partial charge in [-0.15, -0.1) is 0 Å². The molecule has 0 heterocycles. The molecule has 18 heavy (non-hydrogen) atoms. The van der Waals surface area contributed by atoms with E-state index >= 15 is 0 Å². The smallest absolute Gasteiger partial charge is 0.254 e. The second-order valence-corrected chi connectivity index (χ2v) is 4.31. The largest absolute Gasteiger partial charge is 0.497 e. The minimum atomic E-state index is -0.629. The van der Waals surface area contributed by atoms with Gasteiger partial charge in [-0.3, -0.25) is 4.79 Å². The lowest BCUT2D eigenvalue weighted by molar-refractivity contribution is 0.0919. The van der Waals surface area contributed by atoms with Gasteiger partial charge in [-0.2, -0.15) is 0 Å². The van der Waals surface area contributed by atoms with Crippen LogP contribution in [0.2, 0.25) is 0 Å². The maximum absolute atomic E-state index is 13.6. The molecular formula is C13H18FNO3. The van der Waals surface area contributed by atoms with Crippen molar-refractivity contribution in [1.82, 2.24) is 5.32 Å². The fraction of sp³-hybridized carbons (Fsp3) is 0.462. The lowest BCUT2D eigenvalue weighted by Gasteiger charge is -2.15. The Bertz CT molecular complexity index is 421. The van der Waals surface area contributed by atoms with Crippen LogP contribution in [0.1, 0.15) is 30.6 Å². The Morgan fingerprint density at radius 1 is 1.50 bits per heavy atom. The Morgan fingerprint density at radius 3 is 2.67 bits per heavy atom. The van der Waals surface area contributed by atoms with E-state index < -0.39 is 17.8 Å². The van der Waals surface area contributed by atoms with Crippen molar-refractivity contribution in [1.29, 1.82) is 0 Å². The molecule has 0 spiro atoms. The van der Waals surface area contributed by atoms with Crippen LogP contribution in [0.25, 0.3) is 0 Å². The van der Waals surface area contributed by atoms with Crippen molar-refractivity contribution in [2.75, 3.05) is 7.11 Å². The third-order valence-corrected chi connectivity index (χ3v) is 2.49. The molecule has 0 aromatic heterocycles. The summed E-state index contributed by atoms with van der Waals surface area (Å²) < 4.78 is 18.5. The molecule has 2 N–H and O–H groups in total. The van der Waals surface area contributed by atoms with Crippen LogP contribution >= 0.6 is 0 Å². The molecule has 1 aromatic rings. The van der Waals surface area contributed by atoms with Gasteiger partial charge in [-0.05, 0) is 32.4 Å². The molecule has 1 aromatic carbocycles. The Morgan fingerprint density at radius 2 is 2.17 bits per heavy atom. The van der Waals surface area contributed by atoms with Gasteiger partial charge < -0.3 is 15.2 Å². The average Bonchev–Trinajstić information content (AvgIpc) is 2.27. The summed E-state index contributed by atoms with van der Waals surface area (Å²) in [6.45, 7) is 3.39. The summed E-state index contributed by atoms with van der Waals surface area (Å²) in [7, 11) is 1.43. The minimum Gasteiger partial charge on any atom is -0.497 e. The molecular weight excluding hydrogens is 237 g/mol. The van der Waals surface area contributed by atoms with Crippen molar-refractivity contribution in [3.8, 4) is 5.75 Å². The molecule has 0 bridgehead atoms. The molecule has 0 aliphatic rings. The van der Waals surface area contributed by atoms with Crippen molar-refractivity contribution in [2.24, 2.45) is 0 Å². The molecule has 4 nitrogen and oxygen atoms in total. The predicted molar refractivity (Wildman–Crippen MR) is 66.2 cm³/mol. The van der Waals surface area contributed by atoms with Gasteiger partial charge in [0.1, 0.15) is 11.6 Å². The number of carbonyl (C=O) groups excluding carboxylic acids is 1. The summed E-state index contributed by atoms with van der Waals surface area (Å²) >= 11 is 0. The molecule has 0 radical (unpaired) electrons. The number of halogens is 1. The zero-order valence-electron chi connectivity index (χ0n) is 10.7. The molecule has 0 fully saturated rings. The molecule has 1 rings (SSSR count). The maximum Gasteiger partial charge on any atom is 0.254 e. The molecule has 1 amide bonds. The second kappa shape index (κ2) is 6.35. The highest BCUT2D eigenvalue weighted by Crippen LogP contribution is 2.16. The van der Waals surface area contributed by atoms with E-state index in [4.69, 9.17) is 4.74 Å². The summed E-state index contributed by atoms with van der Waals surface area (Å²) in [5, 5.41) is 11.8. The van der Waals surface area contributed by atoms with Crippen LogP contribution in [0, 0.1) is 5.82 Å². The molecule has 0 saturated carbocycles. The van der Waals surface area contributed by atoms with Crippen LogP contribution in [0.3, 0.4) is 0 Å². The maximum atomic E-state index is 13.6. The summed E-state index contributed by atoms with van der Waals surface area (Å²) in [6, 6.07) is 3.84. The highest BCUT2D eigenvalue weighted by molar-refractivity contribution is 5.94. The Hall–Kier alpha value is -1.62. The van der Waals surface area contributed by atoms with E-state index in [1.165, 1.54) is 19.2 Å². The van der Waals surface area contributed by atoms with E-state index in [2.05, 4.69) is 5.32 Å². The van der Waals surface area contributed by atoms with Crippen LogP contribution in [0.15, 0.2) is 18.2 Å². The number of amides is 1. The van der Waals surface area contributed by atoms with Crippen LogP contribution in [0.5, 0.6) is 5.75 Å². The summed E-state index contributed by atoms with van der Waals surface area (Å²) in [4.78, 5) is 11.8. The van der Waals surface area contributed by atoms with E-state index in [1.807, 2.05) is 0 Å². The first-order valence-corrected chi connectivity index (χ1v) is 5.76. The van der Waals surface area contributed by atoms with Crippen molar-refractivity contribution in [3.05, 3.63) is 29.6 Å². The zero-order valence-corrected chi connectivity index (χ0v) is 10.7. The van der Waals surface area contributed by atoms with Gasteiger partial charge in [0.25, 0.3) is 5.91 Å². The van der Waals surface area contributed by atoms with E-state index in [0.29, 0.717) is 12.2 Å². The number of ether oxygens (including phenoxy) is 1. The van der Waals surface area contributed by atoms with Crippen molar-refractivity contribution < 1.29 is 19.0 Å². The Labute approximate surface area is 106 Å². The molecule has 2 unspecified atom stereocenters. The molecule has 0 aliphatic carbocycles. The van der Waals surface area contributed by atoms with Gasteiger partial charge in [-0.1, -0.05) is 0 Å². The lowest BCUT2D eigenvalue weighted by Crippen LogP contribution is -2.35. The fourth-order valence-electron chi connectivity index (χ4n) is 1.68. The van der Waals surface area contributed by atoms with Gasteiger partial charge in [-0.25, -0.2) is 4.39 Å². The first-order chi connectivity index (χ1) is 8.43. The van der Waals surface area contributed by atoms with Gasteiger partial charge in [0.15, 0.2) is 0 Å². The van der Waals surface area contributed by atoms with E-state index in [0.717, 1.165) is 6.07 Å². The van der Waals surface area contributed by atoms with E-state index in [1.54, 1.807) is 13.8 Å². The van der Waals surface area contributed by atoms with Crippen molar-refractivity contribution >= 4 is 5.91 Å². The highest BCUT2D eigenvalue weighted by Gasteiger charge is 2.15. The number of benzene rings is 1. The Kier molecular flexibility index (Phi) is 5.09. The molecule has 2 atom stereocenters. The van der Waals surface area contributed by atoms with Crippen LogP contribution < -0.4 is 10.1 Å². The summed E-state index contributed by atoms with van der Waals surface area (Å²) in [6.07, 6.45) is -0.0928. The monoisotopic (exact) mass is 255 g/mol. The highest BCUT2D eigenvalue weighted by atomic mass is 19.1. The third-order valence-electron chi connectivity index (χ3n) is 2.49. The number of aliphatic hydroxyl groups excluding tert-OH is 1. The number of carbonyl (C=O) groups is 1. The quantitative estimate of drug-likeness (QED) is 0.842. The summed E-state index contributed by atoms with van der Waals surface area (Å²) in [5.41, 5.74) is -0.0340. The van der Waals surface area contributed by atoms with Gasteiger partial charge >= 0.3 is 0 Å². The second-order valence-electron chi connectivity index (χ2n) is 4.31. The van der Waals surface area contributed by atoms with Gasteiger partial charge in [0, 0.05) is 12.1 Å². The molecule has 0 aliphatic heterocycles. The summed E-state index contributed by atoms with van der Waals surface area (Å²) in [5.74, 6) is -0.763. The van der Waals surface area contributed by atoms with E-state index in [9.17, 15) is 14.3 Å². The number of hydrogen-bond acceptors (Lipinski definition) is 3. The van der Waals surface area contributed by atoms with Crippen molar-refractivity contribution in [3.63, 3.8) is 0 Å². The first-order valence-electron chi connectivity index (χ1n) is 5.76. The molecule has 5 heteroatoms.